The highest BCUT2D eigenvalue weighted by atomic mass is 14.9. The zero-order chi connectivity index (χ0) is 22.4. The van der Waals surface area contributed by atoms with E-state index < -0.39 is 0 Å². The molecule has 0 radical (unpaired) electrons. The lowest BCUT2D eigenvalue weighted by molar-refractivity contribution is 0.0339. The maximum atomic E-state index is 7.25. The highest BCUT2D eigenvalue weighted by Gasteiger charge is 2.41. The average Bonchev–Trinajstić information content (AvgIpc) is 3.31. The Morgan fingerprint density at radius 3 is 2.61 bits per heavy atom. The fourth-order valence-corrected chi connectivity index (χ4v) is 6.09. The molecule has 1 N–H and O–H groups in total. The zero-order valence-electron chi connectivity index (χ0n) is 18.7. The minimum absolute atomic E-state index is 0.633. The van der Waals surface area contributed by atoms with Crippen LogP contribution in [0.25, 0.3) is 38.5 Å². The van der Waals surface area contributed by atoms with Crippen molar-refractivity contribution in [2.75, 3.05) is 0 Å². The molecule has 3 aliphatic carbocycles. The van der Waals surface area contributed by atoms with Crippen LogP contribution in [0.3, 0.4) is 0 Å². The molecule has 33 heavy (non-hydrogen) atoms. The van der Waals surface area contributed by atoms with Crippen LogP contribution in [-0.2, 0) is 6.42 Å². The third kappa shape index (κ3) is 3.58. The second-order valence-electron chi connectivity index (χ2n) is 9.62. The van der Waals surface area contributed by atoms with Crippen molar-refractivity contribution in [3.8, 4) is 22.6 Å². The molecule has 3 aliphatic rings. The number of nitrogens with one attached hydrogen (secondary N) is 1. The molecule has 6 heteroatoms. The summed E-state index contributed by atoms with van der Waals surface area (Å²) in [5.41, 5.74) is 5.33. The van der Waals surface area contributed by atoms with Crippen LogP contribution in [0.5, 0.6) is 0 Å². The number of nitrogens with zero attached hydrogens (tertiary/aromatic N) is 5. The first kappa shape index (κ1) is 20.0. The summed E-state index contributed by atoms with van der Waals surface area (Å²) in [4.78, 5) is 25.3. The standard InChI is InChI=1S/C27H26N6/c1-16-17-3-5-18(6-4-17)22(16)11-21-12-25(19-7-9-20(28-2)10-8-19)33-27(32-21)24-14-30-26-23(24)13-29-15-31-26/h7-10,12-18,22H,3-6,11H2,1H3,(H,29,30,31). The largest absolute Gasteiger partial charge is 0.345 e. The molecule has 2 unspecified atom stereocenters. The third-order valence-electron chi connectivity index (χ3n) is 7.95. The van der Waals surface area contributed by atoms with Gasteiger partial charge in [-0.2, -0.15) is 0 Å². The molecule has 3 aromatic heterocycles. The van der Waals surface area contributed by atoms with Crippen molar-refractivity contribution in [3.05, 3.63) is 66.2 Å². The molecule has 6 nitrogen and oxygen atoms in total. The van der Waals surface area contributed by atoms with Crippen LogP contribution in [0, 0.1) is 30.2 Å². The van der Waals surface area contributed by atoms with E-state index in [2.05, 4.69) is 32.8 Å². The maximum Gasteiger partial charge on any atom is 0.187 e. The van der Waals surface area contributed by atoms with Gasteiger partial charge in [0.25, 0.3) is 0 Å². The van der Waals surface area contributed by atoms with E-state index in [4.69, 9.17) is 16.5 Å². The molecule has 3 heterocycles. The first-order valence-corrected chi connectivity index (χ1v) is 11.8. The molecule has 0 aliphatic heterocycles. The first-order chi connectivity index (χ1) is 16.2. The lowest BCUT2D eigenvalue weighted by atomic mass is 9.58. The van der Waals surface area contributed by atoms with E-state index in [1.165, 1.54) is 25.7 Å². The first-order valence-electron chi connectivity index (χ1n) is 11.8. The predicted molar refractivity (Wildman–Crippen MR) is 128 cm³/mol. The molecular formula is C27H26N6. The molecule has 0 amide bonds. The molecule has 164 valence electrons. The van der Waals surface area contributed by atoms with Crippen LogP contribution in [0.2, 0.25) is 0 Å². The van der Waals surface area contributed by atoms with E-state index in [-0.39, 0.29) is 0 Å². The van der Waals surface area contributed by atoms with Gasteiger partial charge >= 0.3 is 0 Å². The fraction of sp³-hybridized carbons (Fsp3) is 0.370. The summed E-state index contributed by atoms with van der Waals surface area (Å²) < 4.78 is 0. The van der Waals surface area contributed by atoms with Gasteiger partial charge in [0.15, 0.2) is 11.5 Å². The SMILES string of the molecule is [C-]#[N+]c1ccc(-c2cc(CC3C4CCC(CC4)C3C)nc(-c3c[nH]c4ncncc34)n2)cc1. The summed E-state index contributed by atoms with van der Waals surface area (Å²) in [6.45, 7) is 9.69. The number of aromatic amines is 1. The molecule has 1 aromatic carbocycles. The van der Waals surface area contributed by atoms with Crippen molar-refractivity contribution in [2.24, 2.45) is 23.7 Å². The molecule has 4 aromatic rings. The number of benzene rings is 1. The summed E-state index contributed by atoms with van der Waals surface area (Å²) in [5, 5.41) is 0.925. The summed E-state index contributed by atoms with van der Waals surface area (Å²) >= 11 is 0. The number of hydrogen-bond donors (Lipinski definition) is 1. The summed E-state index contributed by atoms with van der Waals surface area (Å²) in [6, 6.07) is 9.81. The topological polar surface area (TPSA) is 71.7 Å². The van der Waals surface area contributed by atoms with E-state index in [0.717, 1.165) is 57.7 Å². The second kappa shape index (κ2) is 8.08. The van der Waals surface area contributed by atoms with Gasteiger partial charge in [0, 0.05) is 29.0 Å². The number of hydrogen-bond acceptors (Lipinski definition) is 4. The monoisotopic (exact) mass is 434 g/mol. The van der Waals surface area contributed by atoms with Crippen LogP contribution >= 0.6 is 0 Å². The number of rotatable bonds is 4. The van der Waals surface area contributed by atoms with Crippen LogP contribution in [0.15, 0.2) is 49.1 Å². The minimum atomic E-state index is 0.633. The second-order valence-corrected chi connectivity index (χ2v) is 9.62. The van der Waals surface area contributed by atoms with Gasteiger partial charge in [-0.25, -0.2) is 24.8 Å². The number of fused-ring (bicyclic) bond motifs is 4. The quantitative estimate of drug-likeness (QED) is 0.386. The molecule has 2 atom stereocenters. The molecular weight excluding hydrogens is 408 g/mol. The summed E-state index contributed by atoms with van der Waals surface area (Å²) in [6.07, 6.45) is 11.8. The molecule has 7 rings (SSSR count). The fourth-order valence-electron chi connectivity index (χ4n) is 6.09. The van der Waals surface area contributed by atoms with Crippen LogP contribution in [0.1, 0.15) is 38.3 Å². The van der Waals surface area contributed by atoms with Crippen LogP contribution in [-0.4, -0.2) is 24.9 Å². The van der Waals surface area contributed by atoms with E-state index in [1.807, 2.05) is 36.7 Å². The zero-order valence-corrected chi connectivity index (χ0v) is 18.7. The van der Waals surface area contributed by atoms with Crippen LogP contribution in [0.4, 0.5) is 5.69 Å². The van der Waals surface area contributed by atoms with Crippen molar-refractivity contribution in [1.29, 1.82) is 0 Å². The van der Waals surface area contributed by atoms with Crippen molar-refractivity contribution in [3.63, 3.8) is 0 Å². The van der Waals surface area contributed by atoms with E-state index in [0.29, 0.717) is 17.4 Å². The lowest BCUT2D eigenvalue weighted by Crippen LogP contribution is -2.39. The smallest absolute Gasteiger partial charge is 0.187 e. The van der Waals surface area contributed by atoms with Gasteiger partial charge in [-0.1, -0.05) is 31.2 Å². The highest BCUT2D eigenvalue weighted by Crippen LogP contribution is 2.49. The van der Waals surface area contributed by atoms with Gasteiger partial charge in [-0.05, 0) is 67.4 Å². The van der Waals surface area contributed by atoms with Crippen molar-refractivity contribution in [1.82, 2.24) is 24.9 Å². The predicted octanol–water partition coefficient (Wildman–Crippen LogP) is 6.25. The van der Waals surface area contributed by atoms with Crippen molar-refractivity contribution in [2.45, 2.75) is 39.0 Å². The Hall–Kier alpha value is -3.59. The van der Waals surface area contributed by atoms with Gasteiger partial charge in [-0.3, -0.25) is 0 Å². The van der Waals surface area contributed by atoms with Gasteiger partial charge < -0.3 is 4.98 Å². The third-order valence-corrected chi connectivity index (χ3v) is 7.95. The Bertz CT molecular complexity index is 1340. The van der Waals surface area contributed by atoms with E-state index in [1.54, 1.807) is 6.33 Å². The highest BCUT2D eigenvalue weighted by molar-refractivity contribution is 5.91. The summed E-state index contributed by atoms with van der Waals surface area (Å²) in [5.74, 6) is 3.81. The van der Waals surface area contributed by atoms with E-state index in [9.17, 15) is 0 Å². The van der Waals surface area contributed by atoms with Gasteiger partial charge in [0.05, 0.1) is 12.3 Å². The number of H-pyrrole nitrogens is 1. The molecule has 3 fully saturated rings. The normalized spacial score (nSPS) is 24.1. The Balaban J connectivity index is 1.44. The van der Waals surface area contributed by atoms with E-state index >= 15 is 0 Å². The molecule has 0 saturated heterocycles. The maximum absolute atomic E-state index is 7.25. The molecule has 3 saturated carbocycles. The van der Waals surface area contributed by atoms with Crippen molar-refractivity contribution >= 4 is 16.7 Å². The Morgan fingerprint density at radius 1 is 1.06 bits per heavy atom. The average molecular weight is 435 g/mol. The molecule has 0 spiro atoms. The Kier molecular flexibility index (Phi) is 4.91. The Labute approximate surface area is 193 Å². The van der Waals surface area contributed by atoms with Gasteiger partial charge in [0.1, 0.15) is 12.0 Å². The van der Waals surface area contributed by atoms with Gasteiger partial charge in [0.2, 0.25) is 0 Å². The van der Waals surface area contributed by atoms with Crippen molar-refractivity contribution < 1.29 is 0 Å². The molecule has 2 bridgehead atoms. The number of aromatic nitrogens is 5. The lowest BCUT2D eigenvalue weighted by Gasteiger charge is -2.47. The Morgan fingerprint density at radius 2 is 1.85 bits per heavy atom. The minimum Gasteiger partial charge on any atom is -0.345 e. The van der Waals surface area contributed by atoms with Crippen LogP contribution < -0.4 is 0 Å². The van der Waals surface area contributed by atoms with Gasteiger partial charge in [-0.15, -0.1) is 0 Å². The summed E-state index contributed by atoms with van der Waals surface area (Å²) in [7, 11) is 0.